The summed E-state index contributed by atoms with van der Waals surface area (Å²) in [5, 5.41) is 28.8. The van der Waals surface area contributed by atoms with Gasteiger partial charge in [0.05, 0.1) is 0 Å². The molecule has 0 aliphatic carbocycles. The molecule has 0 amide bonds. The van der Waals surface area contributed by atoms with Crippen molar-refractivity contribution in [2.75, 3.05) is 0 Å². The third-order valence-corrected chi connectivity index (χ3v) is 1.41. The summed E-state index contributed by atoms with van der Waals surface area (Å²) in [4.78, 5) is 28.8. The average Bonchev–Trinajstić information content (AvgIpc) is 2.18. The van der Waals surface area contributed by atoms with E-state index in [9.17, 15) is 29.7 Å². The molecule has 0 saturated carbocycles. The molecule has 0 heterocycles. The number of carboxylic acid groups (broad SMARTS) is 3. The number of carbonyl (C=O) groups is 3. The van der Waals surface area contributed by atoms with Crippen LogP contribution in [-0.2, 0) is 34.5 Å². The van der Waals surface area contributed by atoms with Crippen molar-refractivity contribution in [2.24, 2.45) is 17.8 Å². The molecule has 0 rings (SSSR count). The Morgan fingerprint density at radius 3 is 0.632 bits per heavy atom. The van der Waals surface area contributed by atoms with E-state index in [1.165, 1.54) is 0 Å². The first-order chi connectivity index (χ1) is 7.93. The van der Waals surface area contributed by atoms with Gasteiger partial charge in [-0.2, -0.15) is 0 Å². The summed E-state index contributed by atoms with van der Waals surface area (Å²) in [5.41, 5.74) is 0. The summed E-state index contributed by atoms with van der Waals surface area (Å²) in [5.74, 6) is -4.00. The largest absolute Gasteiger partial charge is 3.00 e. The fourth-order valence-electron chi connectivity index (χ4n) is 0. The molecule has 0 aliphatic heterocycles. The van der Waals surface area contributed by atoms with E-state index in [-0.39, 0.29) is 37.9 Å². The Morgan fingerprint density at radius 2 is 0.632 bits per heavy atom. The second-order valence-electron chi connectivity index (χ2n) is 4.42. The molecule has 0 aromatic carbocycles. The summed E-state index contributed by atoms with van der Waals surface area (Å²) < 4.78 is 0. The summed E-state index contributed by atoms with van der Waals surface area (Å²) in [6.07, 6.45) is 0. The SMILES string of the molecule is CC(C)C(=O)[O-].CC(C)C(=O)[O-].CC(C)C(=O)[O-].[Ir+3]. The van der Waals surface area contributed by atoms with E-state index in [2.05, 4.69) is 0 Å². The van der Waals surface area contributed by atoms with Crippen molar-refractivity contribution in [3.05, 3.63) is 0 Å². The van der Waals surface area contributed by atoms with Crippen LogP contribution >= 0.6 is 0 Å². The van der Waals surface area contributed by atoms with Crippen LogP contribution in [-0.4, -0.2) is 17.9 Å². The van der Waals surface area contributed by atoms with Crippen molar-refractivity contribution >= 4 is 17.9 Å². The zero-order valence-electron chi connectivity index (χ0n) is 12.0. The van der Waals surface area contributed by atoms with Crippen molar-refractivity contribution < 1.29 is 49.8 Å². The third-order valence-electron chi connectivity index (χ3n) is 1.41. The Kier molecular flexibility index (Phi) is 21.2. The van der Waals surface area contributed by atoms with Crippen molar-refractivity contribution in [2.45, 2.75) is 41.5 Å². The molecular weight excluding hydrogens is 432 g/mol. The molecule has 0 aliphatic rings. The number of hydrogen-bond donors (Lipinski definition) is 0. The predicted octanol–water partition coefficient (Wildman–Crippen LogP) is -1.83. The maximum atomic E-state index is 9.59. The van der Waals surface area contributed by atoms with Crippen LogP contribution in [0.25, 0.3) is 0 Å². The van der Waals surface area contributed by atoms with E-state index in [0.29, 0.717) is 0 Å². The molecule has 0 fully saturated rings. The van der Waals surface area contributed by atoms with Crippen LogP contribution in [0.2, 0.25) is 0 Å². The quantitative estimate of drug-likeness (QED) is 0.496. The summed E-state index contributed by atoms with van der Waals surface area (Å²) in [7, 11) is 0. The molecule has 0 spiro atoms. The topological polar surface area (TPSA) is 120 Å². The Balaban J connectivity index is -0.0000000865. The van der Waals surface area contributed by atoms with Gasteiger partial charge >= 0.3 is 20.1 Å². The van der Waals surface area contributed by atoms with Gasteiger partial charge in [-0.15, -0.1) is 0 Å². The average molecular weight is 454 g/mol. The van der Waals surface area contributed by atoms with Gasteiger partial charge in [0.1, 0.15) is 0 Å². The summed E-state index contributed by atoms with van der Waals surface area (Å²) >= 11 is 0. The maximum absolute atomic E-state index is 9.59. The monoisotopic (exact) mass is 454 g/mol. The Hall–Kier alpha value is -0.941. The van der Waals surface area contributed by atoms with Crippen LogP contribution in [0, 0.1) is 17.8 Å². The number of hydrogen-bond acceptors (Lipinski definition) is 6. The first kappa shape index (κ1) is 26.6. The van der Waals surface area contributed by atoms with Crippen molar-refractivity contribution in [1.82, 2.24) is 0 Å². The summed E-state index contributed by atoms with van der Waals surface area (Å²) in [6.45, 7) is 9.47. The number of rotatable bonds is 3. The van der Waals surface area contributed by atoms with Crippen LogP contribution in [0.15, 0.2) is 0 Å². The molecule has 0 atom stereocenters. The first-order valence-corrected chi connectivity index (χ1v) is 5.55. The van der Waals surface area contributed by atoms with E-state index < -0.39 is 17.9 Å². The molecule has 0 radical (unpaired) electrons. The van der Waals surface area contributed by atoms with Crippen LogP contribution in [0.1, 0.15) is 41.5 Å². The van der Waals surface area contributed by atoms with Gasteiger partial charge in [-0.25, -0.2) is 0 Å². The number of carbonyl (C=O) groups excluding carboxylic acids is 3. The van der Waals surface area contributed by atoms with E-state index in [0.717, 1.165) is 0 Å². The van der Waals surface area contributed by atoms with E-state index in [1.54, 1.807) is 41.5 Å². The van der Waals surface area contributed by atoms with Crippen LogP contribution < -0.4 is 15.3 Å². The fraction of sp³-hybridized carbons (Fsp3) is 0.750. The summed E-state index contributed by atoms with van der Waals surface area (Å²) in [6, 6.07) is 0. The van der Waals surface area contributed by atoms with Crippen LogP contribution in [0.3, 0.4) is 0 Å². The molecule has 7 heteroatoms. The first-order valence-electron chi connectivity index (χ1n) is 5.55. The van der Waals surface area contributed by atoms with Gasteiger partial charge in [-0.3, -0.25) is 0 Å². The molecule has 0 bridgehead atoms. The Bertz CT molecular complexity index is 218. The van der Waals surface area contributed by atoms with Gasteiger partial charge in [0.2, 0.25) is 0 Å². The normalized spacial score (nSPS) is 8.68. The molecule has 0 unspecified atom stereocenters. The minimum Gasteiger partial charge on any atom is -0.550 e. The minimum atomic E-state index is -0.991. The Labute approximate surface area is 127 Å². The van der Waals surface area contributed by atoms with Crippen molar-refractivity contribution in [3.8, 4) is 0 Å². The second-order valence-corrected chi connectivity index (χ2v) is 4.42. The van der Waals surface area contributed by atoms with E-state index >= 15 is 0 Å². The molecule has 114 valence electrons. The van der Waals surface area contributed by atoms with Gasteiger partial charge < -0.3 is 29.7 Å². The maximum Gasteiger partial charge on any atom is 3.00 e. The number of carboxylic acids is 3. The minimum absolute atomic E-state index is 0. The van der Waals surface area contributed by atoms with Crippen LogP contribution in [0.4, 0.5) is 0 Å². The third kappa shape index (κ3) is 31.6. The standard InChI is InChI=1S/3C4H8O2.Ir/c3*1-3(2)4(5)6;/h3*3H,1-2H3,(H,5,6);/q;;;+3/p-3. The fourth-order valence-corrected chi connectivity index (χ4v) is 0. The smallest absolute Gasteiger partial charge is 0.550 e. The molecule has 0 N–H and O–H groups in total. The molecular formula is C12H21IrO6. The molecule has 6 nitrogen and oxygen atoms in total. The van der Waals surface area contributed by atoms with Gasteiger partial charge in [0.25, 0.3) is 0 Å². The molecule has 19 heavy (non-hydrogen) atoms. The predicted molar refractivity (Wildman–Crippen MR) is 59.5 cm³/mol. The molecule has 0 aromatic rings. The number of aliphatic carboxylic acids is 3. The van der Waals surface area contributed by atoms with Gasteiger partial charge in [-0.1, -0.05) is 41.5 Å². The molecule has 0 saturated heterocycles. The van der Waals surface area contributed by atoms with Gasteiger partial charge in [0.15, 0.2) is 0 Å². The van der Waals surface area contributed by atoms with E-state index in [4.69, 9.17) is 0 Å². The zero-order chi connectivity index (χ0) is 15.5. The van der Waals surface area contributed by atoms with Gasteiger partial charge in [0, 0.05) is 17.9 Å². The van der Waals surface area contributed by atoms with Crippen LogP contribution in [0.5, 0.6) is 0 Å². The zero-order valence-corrected chi connectivity index (χ0v) is 14.4. The Morgan fingerprint density at radius 1 is 0.579 bits per heavy atom. The van der Waals surface area contributed by atoms with Crippen molar-refractivity contribution in [1.29, 1.82) is 0 Å². The van der Waals surface area contributed by atoms with Crippen molar-refractivity contribution in [3.63, 3.8) is 0 Å². The molecule has 0 aromatic heterocycles. The van der Waals surface area contributed by atoms with Gasteiger partial charge in [-0.05, 0) is 17.8 Å². The van der Waals surface area contributed by atoms with E-state index in [1.807, 2.05) is 0 Å². The second kappa shape index (κ2) is 15.1.